The maximum atomic E-state index is 12.8. The Morgan fingerprint density at radius 2 is 1.87 bits per heavy atom. The summed E-state index contributed by atoms with van der Waals surface area (Å²) in [5.74, 6) is 0.161. The number of carbonyl (C=O) groups is 1. The van der Waals surface area contributed by atoms with Gasteiger partial charge in [0.2, 0.25) is 0 Å². The highest BCUT2D eigenvalue weighted by atomic mass is 79.9. The van der Waals surface area contributed by atoms with Gasteiger partial charge in [-0.3, -0.25) is 9.69 Å². The van der Waals surface area contributed by atoms with Crippen molar-refractivity contribution in [1.82, 2.24) is 9.80 Å². The quantitative estimate of drug-likeness (QED) is 0.807. The summed E-state index contributed by atoms with van der Waals surface area (Å²) in [5, 5.41) is 0. The molecule has 3 atom stereocenters. The highest BCUT2D eigenvalue weighted by molar-refractivity contribution is 9.10. The van der Waals surface area contributed by atoms with Crippen LogP contribution in [-0.4, -0.2) is 60.1 Å². The zero-order valence-electron chi connectivity index (χ0n) is 13.9. The Balaban J connectivity index is 1.65. The molecule has 2 heterocycles. The molecule has 0 N–H and O–H groups in total. The Bertz CT molecular complexity index is 538. The first-order valence-electron chi connectivity index (χ1n) is 8.47. The molecule has 0 radical (unpaired) electrons. The SMILES string of the molecule is CC1CN(CC2CCCN2C(=O)c2ccc(Br)cc2)CC(C)O1. The Hall–Kier alpha value is -0.910. The predicted octanol–water partition coefficient (Wildman–Crippen LogP) is 3.16. The van der Waals surface area contributed by atoms with E-state index in [-0.39, 0.29) is 18.1 Å². The number of hydrogen-bond donors (Lipinski definition) is 0. The van der Waals surface area contributed by atoms with Gasteiger partial charge >= 0.3 is 0 Å². The topological polar surface area (TPSA) is 32.8 Å². The van der Waals surface area contributed by atoms with E-state index in [1.54, 1.807) is 0 Å². The normalized spacial score (nSPS) is 29.0. The van der Waals surface area contributed by atoms with Crippen molar-refractivity contribution >= 4 is 21.8 Å². The van der Waals surface area contributed by atoms with Crippen LogP contribution in [0, 0.1) is 0 Å². The van der Waals surface area contributed by atoms with E-state index < -0.39 is 0 Å². The number of hydrogen-bond acceptors (Lipinski definition) is 3. The average Bonchev–Trinajstić information content (AvgIpc) is 2.94. The molecule has 2 aliphatic rings. The lowest BCUT2D eigenvalue weighted by molar-refractivity contribution is -0.0715. The van der Waals surface area contributed by atoms with Crippen LogP contribution in [-0.2, 0) is 4.74 Å². The summed E-state index contributed by atoms with van der Waals surface area (Å²) >= 11 is 3.42. The number of morpholine rings is 1. The van der Waals surface area contributed by atoms with E-state index >= 15 is 0 Å². The van der Waals surface area contributed by atoms with Crippen LogP contribution in [0.2, 0.25) is 0 Å². The average molecular weight is 381 g/mol. The lowest BCUT2D eigenvalue weighted by atomic mass is 10.1. The van der Waals surface area contributed by atoms with Gasteiger partial charge in [0, 0.05) is 42.3 Å². The van der Waals surface area contributed by atoms with Crippen LogP contribution in [0.1, 0.15) is 37.0 Å². The van der Waals surface area contributed by atoms with Gasteiger partial charge in [0.1, 0.15) is 0 Å². The zero-order chi connectivity index (χ0) is 16.4. The van der Waals surface area contributed by atoms with Gasteiger partial charge in [-0.15, -0.1) is 0 Å². The molecular weight excluding hydrogens is 356 g/mol. The molecule has 0 bridgehead atoms. The van der Waals surface area contributed by atoms with Gasteiger partial charge in [-0.05, 0) is 51.0 Å². The van der Waals surface area contributed by atoms with E-state index in [1.807, 2.05) is 24.3 Å². The van der Waals surface area contributed by atoms with Crippen molar-refractivity contribution in [3.63, 3.8) is 0 Å². The largest absolute Gasteiger partial charge is 0.373 e. The zero-order valence-corrected chi connectivity index (χ0v) is 15.5. The van der Waals surface area contributed by atoms with Crippen LogP contribution < -0.4 is 0 Å². The third kappa shape index (κ3) is 4.14. The number of amides is 1. The molecule has 23 heavy (non-hydrogen) atoms. The Labute approximate surface area is 146 Å². The van der Waals surface area contributed by atoms with E-state index in [2.05, 4.69) is 39.6 Å². The summed E-state index contributed by atoms with van der Waals surface area (Å²) in [5.41, 5.74) is 0.781. The second-order valence-corrected chi connectivity index (χ2v) is 7.69. The third-order valence-electron chi connectivity index (χ3n) is 4.69. The maximum Gasteiger partial charge on any atom is 0.254 e. The van der Waals surface area contributed by atoms with Crippen molar-refractivity contribution in [2.75, 3.05) is 26.2 Å². The van der Waals surface area contributed by atoms with Crippen LogP contribution >= 0.6 is 15.9 Å². The number of rotatable bonds is 3. The van der Waals surface area contributed by atoms with Gasteiger partial charge in [-0.2, -0.15) is 0 Å². The fourth-order valence-electron chi connectivity index (χ4n) is 3.78. The molecule has 3 unspecified atom stereocenters. The van der Waals surface area contributed by atoms with Crippen LogP contribution in [0.4, 0.5) is 0 Å². The second kappa shape index (κ2) is 7.32. The molecule has 1 aromatic carbocycles. The lowest BCUT2D eigenvalue weighted by Gasteiger charge is -2.38. The second-order valence-electron chi connectivity index (χ2n) is 6.78. The fraction of sp³-hybridized carbons (Fsp3) is 0.611. The molecule has 4 nitrogen and oxygen atoms in total. The number of ether oxygens (including phenoxy) is 1. The summed E-state index contributed by atoms with van der Waals surface area (Å²) < 4.78 is 6.81. The van der Waals surface area contributed by atoms with Crippen LogP contribution in [0.5, 0.6) is 0 Å². The van der Waals surface area contributed by atoms with Gasteiger partial charge < -0.3 is 9.64 Å². The Morgan fingerprint density at radius 3 is 2.52 bits per heavy atom. The smallest absolute Gasteiger partial charge is 0.254 e. The van der Waals surface area contributed by atoms with Crippen LogP contribution in [0.15, 0.2) is 28.7 Å². The number of carbonyl (C=O) groups excluding carboxylic acids is 1. The minimum Gasteiger partial charge on any atom is -0.373 e. The highest BCUT2D eigenvalue weighted by Gasteiger charge is 2.32. The summed E-state index contributed by atoms with van der Waals surface area (Å²) in [7, 11) is 0. The van der Waals surface area contributed by atoms with Crippen LogP contribution in [0.25, 0.3) is 0 Å². The van der Waals surface area contributed by atoms with Gasteiger partial charge in [0.05, 0.1) is 12.2 Å². The van der Waals surface area contributed by atoms with E-state index in [4.69, 9.17) is 4.74 Å². The summed E-state index contributed by atoms with van der Waals surface area (Å²) in [6.07, 6.45) is 2.75. The Kier molecular flexibility index (Phi) is 5.39. The number of nitrogens with zero attached hydrogens (tertiary/aromatic N) is 2. The highest BCUT2D eigenvalue weighted by Crippen LogP contribution is 2.23. The van der Waals surface area contributed by atoms with Crippen molar-refractivity contribution in [1.29, 1.82) is 0 Å². The van der Waals surface area contributed by atoms with Crippen molar-refractivity contribution in [2.45, 2.75) is 44.9 Å². The molecule has 126 valence electrons. The first-order valence-corrected chi connectivity index (χ1v) is 9.26. The Morgan fingerprint density at radius 1 is 1.22 bits per heavy atom. The minimum absolute atomic E-state index is 0.161. The summed E-state index contributed by atoms with van der Waals surface area (Å²) in [6.45, 7) is 8.00. The first kappa shape index (κ1) is 16.9. The summed E-state index contributed by atoms with van der Waals surface area (Å²) in [4.78, 5) is 17.3. The molecule has 5 heteroatoms. The molecule has 2 aliphatic heterocycles. The standard InChI is InChI=1S/C18H25BrN2O2/c1-13-10-20(11-14(2)23-13)12-17-4-3-9-21(17)18(22)15-5-7-16(19)8-6-15/h5-8,13-14,17H,3-4,9-12H2,1-2H3. The lowest BCUT2D eigenvalue weighted by Crippen LogP contribution is -2.50. The minimum atomic E-state index is 0.161. The van der Waals surface area contributed by atoms with Crippen molar-refractivity contribution in [2.24, 2.45) is 0 Å². The van der Waals surface area contributed by atoms with E-state index in [0.29, 0.717) is 6.04 Å². The molecule has 0 aromatic heterocycles. The molecule has 2 saturated heterocycles. The van der Waals surface area contributed by atoms with Crippen LogP contribution in [0.3, 0.4) is 0 Å². The molecule has 0 aliphatic carbocycles. The van der Waals surface area contributed by atoms with Gasteiger partial charge in [-0.1, -0.05) is 15.9 Å². The van der Waals surface area contributed by atoms with Crippen molar-refractivity contribution in [3.8, 4) is 0 Å². The van der Waals surface area contributed by atoms with E-state index in [1.165, 1.54) is 0 Å². The monoisotopic (exact) mass is 380 g/mol. The molecule has 1 amide bonds. The van der Waals surface area contributed by atoms with Gasteiger partial charge in [0.25, 0.3) is 5.91 Å². The number of benzene rings is 1. The number of halogens is 1. The third-order valence-corrected chi connectivity index (χ3v) is 5.22. The van der Waals surface area contributed by atoms with Gasteiger partial charge in [-0.25, -0.2) is 0 Å². The molecule has 3 rings (SSSR count). The predicted molar refractivity (Wildman–Crippen MR) is 94.6 cm³/mol. The number of likely N-dealkylation sites (tertiary alicyclic amines) is 1. The fourth-order valence-corrected chi connectivity index (χ4v) is 4.05. The van der Waals surface area contributed by atoms with E-state index in [0.717, 1.165) is 49.1 Å². The first-order chi connectivity index (χ1) is 11.0. The summed E-state index contributed by atoms with van der Waals surface area (Å²) in [6, 6.07) is 8.00. The van der Waals surface area contributed by atoms with E-state index in [9.17, 15) is 4.79 Å². The van der Waals surface area contributed by atoms with Crippen molar-refractivity contribution in [3.05, 3.63) is 34.3 Å². The molecule has 0 spiro atoms. The molecule has 1 aromatic rings. The molecule has 0 saturated carbocycles. The van der Waals surface area contributed by atoms with Gasteiger partial charge in [0.15, 0.2) is 0 Å². The molecule has 2 fully saturated rings. The molecular formula is C18H25BrN2O2. The van der Waals surface area contributed by atoms with Crippen molar-refractivity contribution < 1.29 is 9.53 Å². The maximum absolute atomic E-state index is 12.8.